The van der Waals surface area contributed by atoms with E-state index in [1.165, 1.54) is 0 Å². The van der Waals surface area contributed by atoms with Crippen LogP contribution in [0.4, 0.5) is 11.8 Å². The largest absolute Gasteiger partial charge is 0.382 e. The highest BCUT2D eigenvalue weighted by Crippen LogP contribution is 2.24. The van der Waals surface area contributed by atoms with Gasteiger partial charge in [-0.3, -0.25) is 4.57 Å². The molecule has 0 saturated carbocycles. The standard InChI is InChI=1S/C13H14N6OS/c14-11-10-12(19(8-15-10)9-1-6-21-7-9)17-13(16-11)18-2-4-20-5-3-18/h1,6-8H,2-5H2,(H2,14,16,17). The van der Waals surface area contributed by atoms with Gasteiger partial charge in [-0.2, -0.15) is 21.3 Å². The van der Waals surface area contributed by atoms with E-state index in [9.17, 15) is 0 Å². The van der Waals surface area contributed by atoms with Crippen LogP contribution in [0.25, 0.3) is 16.9 Å². The lowest BCUT2D eigenvalue weighted by Gasteiger charge is -2.26. The number of imidazole rings is 1. The molecule has 0 bridgehead atoms. The number of aromatic nitrogens is 4. The second kappa shape index (κ2) is 4.97. The molecule has 0 spiro atoms. The van der Waals surface area contributed by atoms with E-state index < -0.39 is 0 Å². The van der Waals surface area contributed by atoms with E-state index in [0.29, 0.717) is 30.5 Å². The van der Waals surface area contributed by atoms with Gasteiger partial charge in [-0.25, -0.2) is 4.98 Å². The van der Waals surface area contributed by atoms with Crippen molar-refractivity contribution in [2.45, 2.75) is 0 Å². The van der Waals surface area contributed by atoms with Crippen LogP contribution < -0.4 is 10.6 Å². The van der Waals surface area contributed by atoms with Gasteiger partial charge >= 0.3 is 0 Å². The summed E-state index contributed by atoms with van der Waals surface area (Å²) in [5, 5.41) is 4.07. The zero-order chi connectivity index (χ0) is 14.2. The summed E-state index contributed by atoms with van der Waals surface area (Å²) in [6.45, 7) is 2.92. The number of ether oxygens (including phenoxy) is 1. The van der Waals surface area contributed by atoms with Gasteiger partial charge in [-0.1, -0.05) is 0 Å². The van der Waals surface area contributed by atoms with Gasteiger partial charge in [0.25, 0.3) is 0 Å². The Labute approximate surface area is 125 Å². The summed E-state index contributed by atoms with van der Waals surface area (Å²) >= 11 is 1.63. The number of thiophene rings is 1. The summed E-state index contributed by atoms with van der Waals surface area (Å²) in [7, 11) is 0. The third-order valence-corrected chi connectivity index (χ3v) is 4.16. The molecule has 7 nitrogen and oxygen atoms in total. The molecule has 3 aromatic rings. The molecule has 4 heterocycles. The zero-order valence-corrected chi connectivity index (χ0v) is 12.1. The average Bonchev–Trinajstić information content (AvgIpc) is 3.16. The number of nitrogens with zero attached hydrogens (tertiary/aromatic N) is 5. The molecule has 0 aliphatic carbocycles. The highest BCUT2D eigenvalue weighted by Gasteiger charge is 2.18. The van der Waals surface area contributed by atoms with Crippen LogP contribution in [0.1, 0.15) is 0 Å². The third kappa shape index (κ3) is 2.12. The van der Waals surface area contributed by atoms with E-state index >= 15 is 0 Å². The fourth-order valence-electron chi connectivity index (χ4n) is 2.40. The van der Waals surface area contributed by atoms with Crippen LogP contribution in [-0.4, -0.2) is 45.8 Å². The Morgan fingerprint density at radius 2 is 2.10 bits per heavy atom. The zero-order valence-electron chi connectivity index (χ0n) is 11.3. The molecule has 0 atom stereocenters. The van der Waals surface area contributed by atoms with E-state index in [4.69, 9.17) is 10.5 Å². The molecule has 1 saturated heterocycles. The van der Waals surface area contributed by atoms with Crippen LogP contribution in [0.5, 0.6) is 0 Å². The maximum Gasteiger partial charge on any atom is 0.229 e. The quantitative estimate of drug-likeness (QED) is 0.768. The minimum absolute atomic E-state index is 0.412. The first-order valence-corrected chi connectivity index (χ1v) is 7.63. The van der Waals surface area contributed by atoms with Crippen molar-refractivity contribution < 1.29 is 4.74 Å². The monoisotopic (exact) mass is 302 g/mol. The second-order valence-corrected chi connectivity index (χ2v) is 5.56. The number of fused-ring (bicyclic) bond motifs is 1. The molecule has 21 heavy (non-hydrogen) atoms. The molecule has 0 unspecified atom stereocenters. The summed E-state index contributed by atoms with van der Waals surface area (Å²) in [6.07, 6.45) is 1.74. The molecule has 4 rings (SSSR count). The van der Waals surface area contributed by atoms with Crippen molar-refractivity contribution in [1.82, 2.24) is 19.5 Å². The van der Waals surface area contributed by atoms with Gasteiger partial charge in [0.05, 0.1) is 18.9 Å². The molecule has 0 aromatic carbocycles. The lowest BCUT2D eigenvalue weighted by Crippen LogP contribution is -2.37. The summed E-state index contributed by atoms with van der Waals surface area (Å²) in [6, 6.07) is 2.03. The summed E-state index contributed by atoms with van der Waals surface area (Å²) < 4.78 is 7.30. The van der Waals surface area contributed by atoms with Gasteiger partial charge in [0.1, 0.15) is 6.33 Å². The topological polar surface area (TPSA) is 82.1 Å². The van der Waals surface area contributed by atoms with Crippen molar-refractivity contribution in [2.24, 2.45) is 0 Å². The Morgan fingerprint density at radius 3 is 2.86 bits per heavy atom. The number of morpholine rings is 1. The van der Waals surface area contributed by atoms with Crippen LogP contribution in [0.3, 0.4) is 0 Å². The van der Waals surface area contributed by atoms with Gasteiger partial charge in [0.15, 0.2) is 17.0 Å². The van der Waals surface area contributed by atoms with Crippen LogP contribution in [0.2, 0.25) is 0 Å². The Kier molecular flexibility index (Phi) is 2.97. The number of rotatable bonds is 2. The van der Waals surface area contributed by atoms with Crippen LogP contribution in [0, 0.1) is 0 Å². The van der Waals surface area contributed by atoms with E-state index in [1.807, 2.05) is 21.4 Å². The molecule has 0 radical (unpaired) electrons. The van der Waals surface area contributed by atoms with Crippen molar-refractivity contribution in [3.05, 3.63) is 23.2 Å². The maximum atomic E-state index is 6.05. The van der Waals surface area contributed by atoms with Crippen LogP contribution in [-0.2, 0) is 4.74 Å². The normalized spacial score (nSPS) is 15.7. The van der Waals surface area contributed by atoms with Gasteiger partial charge in [-0.15, -0.1) is 0 Å². The number of nitrogen functional groups attached to an aromatic ring is 1. The predicted molar refractivity (Wildman–Crippen MR) is 82.0 cm³/mol. The Balaban J connectivity index is 1.85. The average molecular weight is 302 g/mol. The smallest absolute Gasteiger partial charge is 0.229 e. The van der Waals surface area contributed by atoms with Crippen LogP contribution in [0.15, 0.2) is 23.2 Å². The van der Waals surface area contributed by atoms with Gasteiger partial charge in [0, 0.05) is 18.5 Å². The van der Waals surface area contributed by atoms with E-state index in [1.54, 1.807) is 17.7 Å². The minimum Gasteiger partial charge on any atom is -0.382 e. The molecule has 1 aliphatic heterocycles. The molecular weight excluding hydrogens is 288 g/mol. The molecule has 8 heteroatoms. The van der Waals surface area contributed by atoms with Gasteiger partial charge in [-0.05, 0) is 11.4 Å². The summed E-state index contributed by atoms with van der Waals surface area (Å²) in [5.74, 6) is 1.05. The fraction of sp³-hybridized carbons (Fsp3) is 0.308. The first-order valence-electron chi connectivity index (χ1n) is 6.69. The van der Waals surface area contributed by atoms with Crippen molar-refractivity contribution in [2.75, 3.05) is 36.9 Å². The first kappa shape index (κ1) is 12.5. The van der Waals surface area contributed by atoms with E-state index in [0.717, 1.165) is 24.4 Å². The van der Waals surface area contributed by atoms with Gasteiger partial charge in [0.2, 0.25) is 5.95 Å². The Hall–Kier alpha value is -2.19. The number of nitrogens with two attached hydrogens (primary N) is 1. The molecular formula is C13H14N6OS. The molecule has 2 N–H and O–H groups in total. The number of anilines is 2. The SMILES string of the molecule is Nc1nc(N2CCOCC2)nc2c1ncn2-c1ccsc1. The molecule has 0 amide bonds. The van der Waals surface area contributed by atoms with Crippen molar-refractivity contribution in [1.29, 1.82) is 0 Å². The Morgan fingerprint density at radius 1 is 1.24 bits per heavy atom. The molecule has 3 aromatic heterocycles. The number of hydrogen-bond donors (Lipinski definition) is 1. The van der Waals surface area contributed by atoms with Gasteiger partial charge < -0.3 is 15.4 Å². The molecule has 1 aliphatic rings. The fourth-order valence-corrected chi connectivity index (χ4v) is 3.03. The number of hydrogen-bond acceptors (Lipinski definition) is 7. The highest BCUT2D eigenvalue weighted by molar-refractivity contribution is 7.08. The van der Waals surface area contributed by atoms with Crippen molar-refractivity contribution >= 4 is 34.3 Å². The maximum absolute atomic E-state index is 6.05. The van der Waals surface area contributed by atoms with E-state index in [-0.39, 0.29) is 0 Å². The Bertz CT molecular complexity index is 762. The predicted octanol–water partition coefficient (Wildman–Crippen LogP) is 1.30. The summed E-state index contributed by atoms with van der Waals surface area (Å²) in [5.41, 5.74) is 8.46. The third-order valence-electron chi connectivity index (χ3n) is 3.49. The minimum atomic E-state index is 0.412. The summed E-state index contributed by atoms with van der Waals surface area (Å²) in [4.78, 5) is 15.5. The lowest BCUT2D eigenvalue weighted by molar-refractivity contribution is 0.122. The lowest BCUT2D eigenvalue weighted by atomic mass is 10.4. The highest BCUT2D eigenvalue weighted by atomic mass is 32.1. The first-order chi connectivity index (χ1) is 10.3. The van der Waals surface area contributed by atoms with Crippen molar-refractivity contribution in [3.8, 4) is 5.69 Å². The second-order valence-electron chi connectivity index (χ2n) is 4.78. The van der Waals surface area contributed by atoms with Crippen molar-refractivity contribution in [3.63, 3.8) is 0 Å². The van der Waals surface area contributed by atoms with Crippen LogP contribution >= 0.6 is 11.3 Å². The van der Waals surface area contributed by atoms with E-state index in [2.05, 4.69) is 19.9 Å². The molecule has 108 valence electrons. The molecule has 1 fully saturated rings.